The van der Waals surface area contributed by atoms with E-state index < -0.39 is 0 Å². The first-order chi connectivity index (χ1) is 9.17. The zero-order chi connectivity index (χ0) is 13.8. The zero-order valence-corrected chi connectivity index (χ0v) is 12.2. The summed E-state index contributed by atoms with van der Waals surface area (Å²) >= 11 is 0. The fourth-order valence-corrected chi connectivity index (χ4v) is 2.31. The molecule has 1 aromatic carbocycles. The van der Waals surface area contributed by atoms with Crippen molar-refractivity contribution < 1.29 is 4.74 Å². The Morgan fingerprint density at radius 2 is 2.05 bits per heavy atom. The molecule has 2 aromatic rings. The summed E-state index contributed by atoms with van der Waals surface area (Å²) in [5, 5.41) is 3.38. The number of nitrogens with one attached hydrogen (secondary N) is 1. The lowest BCUT2D eigenvalue weighted by atomic mass is 10.1. The van der Waals surface area contributed by atoms with Gasteiger partial charge in [0.15, 0.2) is 0 Å². The fraction of sp³-hybridized carbons (Fsp3) is 0.533. The molecule has 2 rings (SSSR count). The predicted octanol–water partition coefficient (Wildman–Crippen LogP) is 2.45. The van der Waals surface area contributed by atoms with Crippen LogP contribution in [0.25, 0.3) is 11.0 Å². The lowest BCUT2D eigenvalue weighted by molar-refractivity contribution is 0.155. The number of aromatic nitrogens is 2. The maximum atomic E-state index is 5.34. The van der Waals surface area contributed by atoms with E-state index in [9.17, 15) is 0 Å². The van der Waals surface area contributed by atoms with Crippen LogP contribution in [-0.4, -0.2) is 36.4 Å². The largest absolute Gasteiger partial charge is 0.382 e. The van der Waals surface area contributed by atoms with Crippen molar-refractivity contribution in [1.82, 2.24) is 14.9 Å². The molecule has 0 aliphatic heterocycles. The lowest BCUT2D eigenvalue weighted by Gasteiger charge is -2.19. The average molecular weight is 261 g/mol. The van der Waals surface area contributed by atoms with E-state index >= 15 is 0 Å². The molecule has 104 valence electrons. The van der Waals surface area contributed by atoms with Crippen molar-refractivity contribution in [1.29, 1.82) is 0 Å². The van der Waals surface area contributed by atoms with Crippen LogP contribution in [0.3, 0.4) is 0 Å². The molecule has 0 saturated carbocycles. The molecule has 0 fully saturated rings. The summed E-state index contributed by atoms with van der Waals surface area (Å²) in [5.41, 5.74) is 4.82. The summed E-state index contributed by atoms with van der Waals surface area (Å²) in [7, 11) is 1.74. The maximum Gasteiger partial charge on any atom is 0.0962 e. The van der Waals surface area contributed by atoms with Crippen LogP contribution >= 0.6 is 0 Å². The van der Waals surface area contributed by atoms with E-state index in [1.165, 1.54) is 16.6 Å². The quantitative estimate of drug-likeness (QED) is 0.868. The first-order valence-corrected chi connectivity index (χ1v) is 6.80. The number of hydrogen-bond acceptors (Lipinski definition) is 3. The smallest absolute Gasteiger partial charge is 0.0962 e. The van der Waals surface area contributed by atoms with E-state index in [4.69, 9.17) is 4.74 Å². The molecule has 4 heteroatoms. The number of hydrogen-bond donors (Lipinski definition) is 1. The van der Waals surface area contributed by atoms with Crippen LogP contribution in [-0.2, 0) is 4.74 Å². The van der Waals surface area contributed by atoms with Crippen LogP contribution in [0.1, 0.15) is 24.1 Å². The summed E-state index contributed by atoms with van der Waals surface area (Å²) in [4.78, 5) is 4.51. The van der Waals surface area contributed by atoms with Crippen molar-refractivity contribution in [3.05, 3.63) is 29.6 Å². The van der Waals surface area contributed by atoms with Gasteiger partial charge in [-0.3, -0.25) is 0 Å². The van der Waals surface area contributed by atoms with Gasteiger partial charge in [0.2, 0.25) is 0 Å². The molecular weight excluding hydrogens is 238 g/mol. The SMILES string of the molecule is CCNCC(COC)n1cnc2cc(C)c(C)cc21. The highest BCUT2D eigenvalue weighted by Gasteiger charge is 2.14. The predicted molar refractivity (Wildman–Crippen MR) is 78.7 cm³/mol. The number of rotatable bonds is 6. The van der Waals surface area contributed by atoms with Crippen molar-refractivity contribution in [2.24, 2.45) is 0 Å². The molecule has 0 spiro atoms. The number of aryl methyl sites for hydroxylation is 2. The Balaban J connectivity index is 2.38. The van der Waals surface area contributed by atoms with Crippen molar-refractivity contribution >= 4 is 11.0 Å². The Labute approximate surface area is 114 Å². The third-order valence-corrected chi connectivity index (χ3v) is 3.57. The maximum absolute atomic E-state index is 5.34. The van der Waals surface area contributed by atoms with E-state index in [0.717, 1.165) is 18.6 Å². The first-order valence-electron chi connectivity index (χ1n) is 6.80. The molecule has 1 heterocycles. The van der Waals surface area contributed by atoms with Crippen molar-refractivity contribution in [2.45, 2.75) is 26.8 Å². The highest BCUT2D eigenvalue weighted by molar-refractivity contribution is 5.77. The Bertz CT molecular complexity index is 548. The normalized spacial score (nSPS) is 13.1. The van der Waals surface area contributed by atoms with Gasteiger partial charge >= 0.3 is 0 Å². The first kappa shape index (κ1) is 14.0. The molecule has 0 aliphatic rings. The molecule has 1 unspecified atom stereocenters. The highest BCUT2D eigenvalue weighted by Crippen LogP contribution is 2.21. The second-order valence-corrected chi connectivity index (χ2v) is 4.99. The second kappa shape index (κ2) is 6.17. The van der Waals surface area contributed by atoms with Gasteiger partial charge in [-0.25, -0.2) is 4.98 Å². The van der Waals surface area contributed by atoms with Gasteiger partial charge in [0.1, 0.15) is 0 Å². The standard InChI is InChI=1S/C15H23N3O/c1-5-16-8-13(9-19-4)18-10-17-14-6-11(2)12(3)7-15(14)18/h6-7,10,13,16H,5,8-9H2,1-4H3. The minimum atomic E-state index is 0.275. The lowest BCUT2D eigenvalue weighted by Crippen LogP contribution is -2.28. The van der Waals surface area contributed by atoms with Crippen LogP contribution in [0.4, 0.5) is 0 Å². The van der Waals surface area contributed by atoms with Crippen LogP contribution in [0.5, 0.6) is 0 Å². The minimum absolute atomic E-state index is 0.275. The van der Waals surface area contributed by atoms with E-state index in [-0.39, 0.29) is 6.04 Å². The third-order valence-electron chi connectivity index (χ3n) is 3.57. The number of likely N-dealkylation sites (N-methyl/N-ethyl adjacent to an activating group) is 1. The van der Waals surface area contributed by atoms with Gasteiger partial charge < -0.3 is 14.6 Å². The molecule has 1 atom stereocenters. The number of fused-ring (bicyclic) bond motifs is 1. The van der Waals surface area contributed by atoms with Crippen LogP contribution in [0.2, 0.25) is 0 Å². The summed E-state index contributed by atoms with van der Waals surface area (Å²) in [6.07, 6.45) is 1.92. The molecular formula is C15H23N3O. The summed E-state index contributed by atoms with van der Waals surface area (Å²) < 4.78 is 7.56. The fourth-order valence-electron chi connectivity index (χ4n) is 2.31. The Morgan fingerprint density at radius 1 is 1.32 bits per heavy atom. The number of methoxy groups -OCH3 is 1. The average Bonchev–Trinajstić information content (AvgIpc) is 2.78. The van der Waals surface area contributed by atoms with E-state index in [1.807, 2.05) is 6.33 Å². The van der Waals surface area contributed by atoms with Crippen molar-refractivity contribution in [3.63, 3.8) is 0 Å². The van der Waals surface area contributed by atoms with Gasteiger partial charge in [-0.1, -0.05) is 6.92 Å². The highest BCUT2D eigenvalue weighted by atomic mass is 16.5. The number of ether oxygens (including phenoxy) is 1. The number of benzene rings is 1. The molecule has 0 amide bonds. The topological polar surface area (TPSA) is 39.1 Å². The second-order valence-electron chi connectivity index (χ2n) is 4.99. The molecule has 0 radical (unpaired) electrons. The Hall–Kier alpha value is -1.39. The van der Waals surface area contributed by atoms with Gasteiger partial charge in [0.05, 0.1) is 30.0 Å². The molecule has 19 heavy (non-hydrogen) atoms. The molecule has 1 N–H and O–H groups in total. The Kier molecular flexibility index (Phi) is 4.56. The molecule has 0 bridgehead atoms. The monoisotopic (exact) mass is 261 g/mol. The molecule has 0 aliphatic carbocycles. The van der Waals surface area contributed by atoms with Crippen molar-refractivity contribution in [2.75, 3.05) is 26.8 Å². The van der Waals surface area contributed by atoms with E-state index in [2.05, 4.69) is 47.8 Å². The Morgan fingerprint density at radius 3 is 2.74 bits per heavy atom. The zero-order valence-electron chi connectivity index (χ0n) is 12.2. The van der Waals surface area contributed by atoms with Gasteiger partial charge in [-0.05, 0) is 43.7 Å². The third kappa shape index (κ3) is 2.96. The van der Waals surface area contributed by atoms with Gasteiger partial charge in [0.25, 0.3) is 0 Å². The van der Waals surface area contributed by atoms with Crippen molar-refractivity contribution in [3.8, 4) is 0 Å². The summed E-state index contributed by atoms with van der Waals surface area (Å²) in [5.74, 6) is 0. The summed E-state index contributed by atoms with van der Waals surface area (Å²) in [6, 6.07) is 4.64. The van der Waals surface area contributed by atoms with E-state index in [1.54, 1.807) is 7.11 Å². The minimum Gasteiger partial charge on any atom is -0.382 e. The van der Waals surface area contributed by atoms with Crippen LogP contribution in [0, 0.1) is 13.8 Å². The van der Waals surface area contributed by atoms with Crippen LogP contribution in [0.15, 0.2) is 18.5 Å². The van der Waals surface area contributed by atoms with Gasteiger partial charge in [-0.2, -0.15) is 0 Å². The van der Waals surface area contributed by atoms with Gasteiger partial charge in [0, 0.05) is 13.7 Å². The van der Waals surface area contributed by atoms with Gasteiger partial charge in [-0.15, -0.1) is 0 Å². The van der Waals surface area contributed by atoms with E-state index in [0.29, 0.717) is 6.61 Å². The molecule has 0 saturated heterocycles. The van der Waals surface area contributed by atoms with Crippen LogP contribution < -0.4 is 5.32 Å². The number of imidazole rings is 1. The molecule has 1 aromatic heterocycles. The molecule has 4 nitrogen and oxygen atoms in total. The number of nitrogens with zero attached hydrogens (tertiary/aromatic N) is 2. The summed E-state index contributed by atoms with van der Waals surface area (Å²) in [6.45, 7) is 8.92.